The molecule has 0 aliphatic heterocycles. The van der Waals surface area contributed by atoms with E-state index in [0.29, 0.717) is 26.1 Å². The second kappa shape index (κ2) is 11.7. The summed E-state index contributed by atoms with van der Waals surface area (Å²) >= 11 is 0. The summed E-state index contributed by atoms with van der Waals surface area (Å²) in [5.41, 5.74) is 2.42. The van der Waals surface area contributed by atoms with Crippen LogP contribution in [0.3, 0.4) is 0 Å². The number of aryl methyl sites for hydroxylation is 1. The third-order valence-electron chi connectivity index (χ3n) is 6.45. The first-order valence-electron chi connectivity index (χ1n) is 12.6. The normalized spacial score (nSPS) is 15.3. The van der Waals surface area contributed by atoms with Gasteiger partial charge in [0.15, 0.2) is 0 Å². The Hall–Kier alpha value is -2.19. The van der Waals surface area contributed by atoms with Gasteiger partial charge in [0.05, 0.1) is 30.8 Å². The van der Waals surface area contributed by atoms with Crippen LogP contribution >= 0.6 is 0 Å². The molecule has 0 unspecified atom stereocenters. The SMILES string of the molecule is COCCN(Cc1cnc(S(=O)(=O)Cc2cccc(C)c2)n1C1CCCCC1)C(=O)CC(C)(C)C. The Bertz CT molecular complexity index is 1100. The number of carbonyl (C=O) groups excluding carboxylic acids is 1. The highest BCUT2D eigenvalue weighted by atomic mass is 32.2. The number of aromatic nitrogens is 2. The molecule has 0 saturated heterocycles. The molecule has 2 aromatic rings. The smallest absolute Gasteiger partial charge is 0.228 e. The van der Waals surface area contributed by atoms with Gasteiger partial charge in [-0.25, -0.2) is 13.4 Å². The van der Waals surface area contributed by atoms with Gasteiger partial charge in [-0.3, -0.25) is 4.79 Å². The Morgan fingerprint density at radius 1 is 1.20 bits per heavy atom. The van der Waals surface area contributed by atoms with Gasteiger partial charge in [0.1, 0.15) is 0 Å². The Morgan fingerprint density at radius 2 is 1.91 bits per heavy atom. The summed E-state index contributed by atoms with van der Waals surface area (Å²) in [5, 5.41) is 0.121. The van der Waals surface area contributed by atoms with Gasteiger partial charge in [-0.15, -0.1) is 0 Å². The van der Waals surface area contributed by atoms with Crippen molar-refractivity contribution in [2.45, 2.75) is 89.7 Å². The molecule has 1 aliphatic rings. The number of amides is 1. The Kier molecular flexibility index (Phi) is 9.16. The number of nitrogens with zero attached hydrogens (tertiary/aromatic N) is 3. The molecule has 0 radical (unpaired) electrons. The van der Waals surface area contributed by atoms with Gasteiger partial charge in [0.25, 0.3) is 0 Å². The van der Waals surface area contributed by atoms with Gasteiger partial charge in [-0.1, -0.05) is 69.9 Å². The van der Waals surface area contributed by atoms with Crippen molar-refractivity contribution in [3.8, 4) is 0 Å². The summed E-state index contributed by atoms with van der Waals surface area (Å²) in [7, 11) is -2.05. The van der Waals surface area contributed by atoms with Crippen LogP contribution in [0, 0.1) is 12.3 Å². The maximum Gasteiger partial charge on any atom is 0.228 e. The number of hydrogen-bond donors (Lipinski definition) is 0. The molecule has 7 nitrogen and oxygen atoms in total. The van der Waals surface area contributed by atoms with Crippen LogP contribution < -0.4 is 0 Å². The molecule has 1 heterocycles. The zero-order valence-electron chi connectivity index (χ0n) is 21.9. The molecule has 0 spiro atoms. The number of carbonyl (C=O) groups is 1. The van der Waals surface area contributed by atoms with E-state index in [1.54, 1.807) is 18.2 Å². The molecule has 0 atom stereocenters. The molecule has 1 aliphatic carbocycles. The summed E-state index contributed by atoms with van der Waals surface area (Å²) in [6.45, 7) is 9.28. The lowest BCUT2D eigenvalue weighted by Crippen LogP contribution is -2.36. The van der Waals surface area contributed by atoms with Gasteiger partial charge in [-0.2, -0.15) is 0 Å². The third-order valence-corrected chi connectivity index (χ3v) is 8.02. The monoisotopic (exact) mass is 503 g/mol. The molecule has 1 aromatic carbocycles. The van der Waals surface area contributed by atoms with E-state index in [9.17, 15) is 13.2 Å². The molecular weight excluding hydrogens is 462 g/mol. The van der Waals surface area contributed by atoms with Crippen LogP contribution in [-0.2, 0) is 31.7 Å². The first-order valence-corrected chi connectivity index (χ1v) is 14.3. The minimum atomic E-state index is -3.67. The predicted octanol–water partition coefficient (Wildman–Crippen LogP) is 5.08. The lowest BCUT2D eigenvalue weighted by molar-refractivity contribution is -0.134. The molecule has 1 amide bonds. The van der Waals surface area contributed by atoms with Crippen LogP contribution in [0.4, 0.5) is 0 Å². The summed E-state index contributed by atoms with van der Waals surface area (Å²) < 4.78 is 34.4. The first kappa shape index (κ1) is 27.4. The van der Waals surface area contributed by atoms with E-state index in [0.717, 1.165) is 48.9 Å². The van der Waals surface area contributed by atoms with E-state index in [1.807, 2.05) is 56.5 Å². The van der Waals surface area contributed by atoms with E-state index in [1.165, 1.54) is 0 Å². The van der Waals surface area contributed by atoms with E-state index < -0.39 is 9.84 Å². The third kappa shape index (κ3) is 7.64. The maximum absolute atomic E-state index is 13.6. The quantitative estimate of drug-likeness (QED) is 0.451. The van der Waals surface area contributed by atoms with Crippen LogP contribution in [0.15, 0.2) is 35.6 Å². The van der Waals surface area contributed by atoms with Crippen LogP contribution in [0.25, 0.3) is 0 Å². The number of benzene rings is 1. The fraction of sp³-hybridized carbons (Fsp3) is 0.630. The van der Waals surface area contributed by atoms with E-state index in [4.69, 9.17) is 4.74 Å². The summed E-state index contributed by atoms with van der Waals surface area (Å²) in [4.78, 5) is 19.4. The van der Waals surface area contributed by atoms with Gasteiger partial charge in [0, 0.05) is 26.1 Å². The Labute approximate surface area is 210 Å². The average Bonchev–Trinajstić information content (AvgIpc) is 3.20. The molecular formula is C27H41N3O4S. The van der Waals surface area contributed by atoms with Gasteiger partial charge >= 0.3 is 0 Å². The molecule has 0 N–H and O–H groups in total. The van der Waals surface area contributed by atoms with Crippen LogP contribution in [0.5, 0.6) is 0 Å². The second-order valence-corrected chi connectivity index (χ2v) is 12.9. The fourth-order valence-corrected chi connectivity index (χ4v) is 6.32. The van der Waals surface area contributed by atoms with Crippen LogP contribution in [0.2, 0.25) is 0 Å². The second-order valence-electron chi connectivity index (χ2n) is 11.0. The number of hydrogen-bond acceptors (Lipinski definition) is 5. The van der Waals surface area contributed by atoms with Gasteiger partial charge in [0.2, 0.25) is 20.9 Å². The topological polar surface area (TPSA) is 81.5 Å². The van der Waals surface area contributed by atoms with Gasteiger partial charge in [-0.05, 0) is 30.7 Å². The highest BCUT2D eigenvalue weighted by Gasteiger charge is 2.30. The lowest BCUT2D eigenvalue weighted by atomic mass is 9.91. The van der Waals surface area contributed by atoms with E-state index in [-0.39, 0.29) is 28.3 Å². The van der Waals surface area contributed by atoms with Gasteiger partial charge < -0.3 is 14.2 Å². The summed E-state index contributed by atoms with van der Waals surface area (Å²) in [5.74, 6) is -0.0519. The van der Waals surface area contributed by atoms with Crippen LogP contribution in [0.1, 0.15) is 82.2 Å². The van der Waals surface area contributed by atoms with Crippen molar-refractivity contribution < 1.29 is 17.9 Å². The summed E-state index contributed by atoms with van der Waals surface area (Å²) in [6.07, 6.45) is 7.20. The average molecular weight is 504 g/mol. The van der Waals surface area contributed by atoms with E-state index in [2.05, 4.69) is 4.98 Å². The number of rotatable bonds is 10. The van der Waals surface area contributed by atoms with Crippen molar-refractivity contribution in [3.05, 3.63) is 47.3 Å². The predicted molar refractivity (Wildman–Crippen MR) is 138 cm³/mol. The minimum Gasteiger partial charge on any atom is -0.383 e. The number of ether oxygens (including phenoxy) is 1. The molecule has 0 bridgehead atoms. The maximum atomic E-state index is 13.6. The zero-order valence-corrected chi connectivity index (χ0v) is 22.7. The number of methoxy groups -OCH3 is 1. The molecule has 8 heteroatoms. The Morgan fingerprint density at radius 3 is 2.54 bits per heavy atom. The van der Waals surface area contributed by atoms with Crippen molar-refractivity contribution in [3.63, 3.8) is 0 Å². The molecule has 1 saturated carbocycles. The first-order chi connectivity index (χ1) is 16.5. The minimum absolute atomic E-state index is 0.0371. The number of sulfone groups is 1. The van der Waals surface area contributed by atoms with Crippen molar-refractivity contribution in [2.24, 2.45) is 5.41 Å². The Balaban J connectivity index is 1.97. The molecule has 1 aromatic heterocycles. The lowest BCUT2D eigenvalue weighted by Gasteiger charge is -2.30. The van der Waals surface area contributed by atoms with E-state index >= 15 is 0 Å². The van der Waals surface area contributed by atoms with Crippen molar-refractivity contribution in [1.82, 2.24) is 14.5 Å². The fourth-order valence-electron chi connectivity index (χ4n) is 4.79. The molecule has 1 fully saturated rings. The molecule has 194 valence electrons. The number of imidazole rings is 1. The zero-order chi connectivity index (χ0) is 25.6. The highest BCUT2D eigenvalue weighted by molar-refractivity contribution is 7.90. The van der Waals surface area contributed by atoms with Crippen molar-refractivity contribution >= 4 is 15.7 Å². The molecule has 3 rings (SSSR count). The van der Waals surface area contributed by atoms with Crippen LogP contribution in [-0.4, -0.2) is 49.0 Å². The summed E-state index contributed by atoms with van der Waals surface area (Å²) in [6, 6.07) is 7.67. The van der Waals surface area contributed by atoms with Crippen molar-refractivity contribution in [1.29, 1.82) is 0 Å². The highest BCUT2D eigenvalue weighted by Crippen LogP contribution is 2.33. The standard InChI is InChI=1S/C27H41N3O4S/c1-21-10-9-11-22(16-21)20-35(32,33)26-28-18-24(30(26)23-12-7-6-8-13-23)19-29(14-15-34-5)25(31)17-27(2,3)4/h9-11,16,18,23H,6-8,12-15,17,19-20H2,1-5H3. The largest absolute Gasteiger partial charge is 0.383 e. The van der Waals surface area contributed by atoms with Crippen molar-refractivity contribution in [2.75, 3.05) is 20.3 Å². The molecule has 35 heavy (non-hydrogen) atoms.